The summed E-state index contributed by atoms with van der Waals surface area (Å²) in [6.45, 7) is 7.78. The number of ether oxygens (including phenoxy) is 6. The van der Waals surface area contributed by atoms with Crippen LogP contribution in [0, 0.1) is 0 Å². The Labute approximate surface area is 177 Å². The van der Waals surface area contributed by atoms with Gasteiger partial charge in [0.25, 0.3) is 0 Å². The summed E-state index contributed by atoms with van der Waals surface area (Å²) < 4.78 is 35.1. The van der Waals surface area contributed by atoms with Gasteiger partial charge in [-0.2, -0.15) is 0 Å². The molecule has 0 bridgehead atoms. The zero-order valence-corrected chi connectivity index (χ0v) is 18.2. The molecule has 4 rings (SSSR count). The largest absolute Gasteiger partial charge is 0.496 e. The molecule has 0 spiro atoms. The fraction of sp³-hybridized carbons (Fsp3) is 0.682. The van der Waals surface area contributed by atoms with Crippen molar-refractivity contribution in [3.63, 3.8) is 0 Å². The van der Waals surface area contributed by atoms with Crippen molar-refractivity contribution in [1.82, 2.24) is 5.32 Å². The molecule has 0 unspecified atom stereocenters. The molecule has 3 saturated heterocycles. The van der Waals surface area contributed by atoms with E-state index in [1.807, 2.05) is 52.0 Å². The summed E-state index contributed by atoms with van der Waals surface area (Å²) in [4.78, 5) is 12.8. The molecule has 1 amide bonds. The second-order valence-corrected chi connectivity index (χ2v) is 8.84. The molecule has 3 heterocycles. The number of benzene rings is 1. The van der Waals surface area contributed by atoms with Crippen LogP contribution < -0.4 is 10.1 Å². The van der Waals surface area contributed by atoms with Gasteiger partial charge < -0.3 is 33.7 Å². The van der Waals surface area contributed by atoms with E-state index in [1.54, 1.807) is 7.11 Å². The van der Waals surface area contributed by atoms with E-state index in [9.17, 15) is 4.79 Å². The Kier molecular flexibility index (Phi) is 5.80. The number of aryl methyl sites for hydroxylation is 1. The second kappa shape index (κ2) is 8.09. The van der Waals surface area contributed by atoms with Crippen molar-refractivity contribution in [2.24, 2.45) is 0 Å². The van der Waals surface area contributed by atoms with Gasteiger partial charge in [-0.25, -0.2) is 0 Å². The van der Waals surface area contributed by atoms with Crippen LogP contribution in [0.25, 0.3) is 0 Å². The molecule has 3 aliphatic heterocycles. The first kappa shape index (κ1) is 21.5. The van der Waals surface area contributed by atoms with E-state index in [1.165, 1.54) is 0 Å². The molecule has 0 aliphatic carbocycles. The van der Waals surface area contributed by atoms with Crippen LogP contribution >= 0.6 is 0 Å². The van der Waals surface area contributed by atoms with Crippen LogP contribution in [-0.2, 0) is 34.9 Å². The Bertz CT molecular complexity index is 781. The minimum absolute atomic E-state index is 0.0911. The number of hydrogen-bond acceptors (Lipinski definition) is 7. The van der Waals surface area contributed by atoms with Crippen LogP contribution in [0.5, 0.6) is 5.75 Å². The highest BCUT2D eigenvalue weighted by Gasteiger charge is 2.58. The highest BCUT2D eigenvalue weighted by atomic mass is 16.8. The van der Waals surface area contributed by atoms with Gasteiger partial charge in [-0.3, -0.25) is 4.79 Å². The highest BCUT2D eigenvalue weighted by molar-refractivity contribution is 5.76. The van der Waals surface area contributed by atoms with E-state index in [2.05, 4.69) is 5.32 Å². The maximum atomic E-state index is 12.8. The molecule has 3 aliphatic rings. The van der Waals surface area contributed by atoms with Crippen LogP contribution in [0.4, 0.5) is 0 Å². The fourth-order valence-electron chi connectivity index (χ4n) is 4.31. The lowest BCUT2D eigenvalue weighted by Gasteiger charge is -2.29. The topological polar surface area (TPSA) is 84.5 Å². The average Bonchev–Trinajstić information content (AvgIpc) is 3.30. The average molecular weight is 421 g/mol. The van der Waals surface area contributed by atoms with Crippen molar-refractivity contribution >= 4 is 5.91 Å². The van der Waals surface area contributed by atoms with E-state index >= 15 is 0 Å². The lowest BCUT2D eigenvalue weighted by molar-refractivity contribution is -0.223. The molecular formula is C22H31NO7. The van der Waals surface area contributed by atoms with Crippen molar-refractivity contribution in [3.8, 4) is 5.75 Å². The smallest absolute Gasteiger partial charge is 0.220 e. The standard InChI is InChI=1S/C22H31NO7/c1-21(2)26-12-15(28-21)18-17(19-20(27-18)30-22(3,4)29-19)23-16(24)11-10-13-8-6-7-9-14(13)25-5/h6-9,15,17-20H,10-12H2,1-5H3,(H,23,24)/t15-,17-,18-,19-,20-/m1/s1. The van der Waals surface area contributed by atoms with E-state index < -0.39 is 36.1 Å². The molecule has 0 saturated carbocycles. The first-order chi connectivity index (χ1) is 14.2. The lowest BCUT2D eigenvalue weighted by Crippen LogP contribution is -2.52. The molecule has 166 valence electrons. The summed E-state index contributed by atoms with van der Waals surface area (Å²) in [5, 5.41) is 3.10. The van der Waals surface area contributed by atoms with Crippen LogP contribution in [0.3, 0.4) is 0 Å². The fourth-order valence-corrected chi connectivity index (χ4v) is 4.31. The van der Waals surface area contributed by atoms with E-state index in [-0.39, 0.29) is 12.0 Å². The molecule has 8 nitrogen and oxygen atoms in total. The molecule has 1 aromatic rings. The molecule has 1 N–H and O–H groups in total. The molecule has 3 fully saturated rings. The van der Waals surface area contributed by atoms with Crippen molar-refractivity contribution in [2.45, 2.75) is 82.8 Å². The summed E-state index contributed by atoms with van der Waals surface area (Å²) >= 11 is 0. The molecule has 0 aromatic heterocycles. The summed E-state index contributed by atoms with van der Waals surface area (Å²) in [7, 11) is 1.63. The summed E-state index contributed by atoms with van der Waals surface area (Å²) in [6.07, 6.45) is -0.822. The Morgan fingerprint density at radius 3 is 2.57 bits per heavy atom. The molecule has 0 radical (unpaired) electrons. The van der Waals surface area contributed by atoms with Gasteiger partial charge in [-0.1, -0.05) is 18.2 Å². The Hall–Kier alpha value is -1.71. The zero-order chi connectivity index (χ0) is 21.5. The van der Waals surface area contributed by atoms with Gasteiger partial charge in [-0.15, -0.1) is 0 Å². The van der Waals surface area contributed by atoms with Gasteiger partial charge in [-0.05, 0) is 45.7 Å². The maximum absolute atomic E-state index is 12.8. The predicted octanol–water partition coefficient (Wildman–Crippen LogP) is 2.14. The zero-order valence-electron chi connectivity index (χ0n) is 18.2. The molecular weight excluding hydrogens is 390 g/mol. The van der Waals surface area contributed by atoms with Crippen molar-refractivity contribution < 1.29 is 33.2 Å². The highest BCUT2D eigenvalue weighted by Crippen LogP contribution is 2.40. The van der Waals surface area contributed by atoms with Gasteiger partial charge in [0.15, 0.2) is 17.9 Å². The number of nitrogens with one attached hydrogen (secondary N) is 1. The molecule has 5 atom stereocenters. The number of para-hydroxylation sites is 1. The third kappa shape index (κ3) is 4.48. The normalized spacial score (nSPS) is 34.0. The number of rotatable bonds is 6. The molecule has 30 heavy (non-hydrogen) atoms. The summed E-state index contributed by atoms with van der Waals surface area (Å²) in [5.41, 5.74) is 0.989. The Balaban J connectivity index is 1.44. The number of carbonyl (C=O) groups excluding carboxylic acids is 1. The van der Waals surface area contributed by atoms with Crippen molar-refractivity contribution in [2.75, 3.05) is 13.7 Å². The molecule has 1 aromatic carbocycles. The van der Waals surface area contributed by atoms with Crippen LogP contribution in [0.15, 0.2) is 24.3 Å². The van der Waals surface area contributed by atoms with Gasteiger partial charge in [0.2, 0.25) is 5.91 Å². The SMILES string of the molecule is COc1ccccc1CCC(=O)N[C@H]1[C@H]2OC(C)(C)O[C@H]2O[C@@H]1[C@H]1COC(C)(C)O1. The van der Waals surface area contributed by atoms with Crippen LogP contribution in [0.1, 0.15) is 39.7 Å². The third-order valence-corrected chi connectivity index (χ3v) is 5.63. The summed E-state index contributed by atoms with van der Waals surface area (Å²) in [6, 6.07) is 7.30. The monoisotopic (exact) mass is 421 g/mol. The first-order valence-corrected chi connectivity index (χ1v) is 10.4. The minimum atomic E-state index is -0.771. The number of carbonyl (C=O) groups is 1. The van der Waals surface area contributed by atoms with Crippen molar-refractivity contribution in [3.05, 3.63) is 29.8 Å². The number of hydrogen-bond donors (Lipinski definition) is 1. The number of amides is 1. The van der Waals surface area contributed by atoms with Gasteiger partial charge in [0.1, 0.15) is 24.1 Å². The minimum Gasteiger partial charge on any atom is -0.496 e. The quantitative estimate of drug-likeness (QED) is 0.753. The lowest BCUT2D eigenvalue weighted by atomic mass is 10.0. The van der Waals surface area contributed by atoms with E-state index in [4.69, 9.17) is 28.4 Å². The Morgan fingerprint density at radius 2 is 1.87 bits per heavy atom. The van der Waals surface area contributed by atoms with Crippen LogP contribution in [-0.4, -0.2) is 61.8 Å². The predicted molar refractivity (Wildman–Crippen MR) is 107 cm³/mol. The second-order valence-electron chi connectivity index (χ2n) is 8.84. The first-order valence-electron chi connectivity index (χ1n) is 10.4. The van der Waals surface area contributed by atoms with E-state index in [0.29, 0.717) is 19.4 Å². The van der Waals surface area contributed by atoms with Gasteiger partial charge in [0.05, 0.1) is 19.8 Å². The van der Waals surface area contributed by atoms with Gasteiger partial charge >= 0.3 is 0 Å². The molecule has 8 heteroatoms. The third-order valence-electron chi connectivity index (χ3n) is 5.63. The van der Waals surface area contributed by atoms with E-state index in [0.717, 1.165) is 11.3 Å². The number of methoxy groups -OCH3 is 1. The van der Waals surface area contributed by atoms with Crippen molar-refractivity contribution in [1.29, 1.82) is 0 Å². The summed E-state index contributed by atoms with van der Waals surface area (Å²) in [5.74, 6) is -0.773. The van der Waals surface area contributed by atoms with Gasteiger partial charge in [0, 0.05) is 6.42 Å². The van der Waals surface area contributed by atoms with Crippen LogP contribution in [0.2, 0.25) is 0 Å². The Morgan fingerprint density at radius 1 is 1.10 bits per heavy atom. The maximum Gasteiger partial charge on any atom is 0.220 e. The number of fused-ring (bicyclic) bond motifs is 1.